The SMILES string of the molecule is CC(OC(=O)C1Cc2ccccc2S1)C(=O)Nc1ccc([N+](=O)[O-])cc1C(F)(F)F. The fourth-order valence-electron chi connectivity index (χ4n) is 2.84. The molecule has 7 nitrogen and oxygen atoms in total. The maximum Gasteiger partial charge on any atom is 0.418 e. The molecule has 0 spiro atoms. The number of halogens is 3. The van der Waals surface area contributed by atoms with Gasteiger partial charge in [0.05, 0.1) is 16.2 Å². The first-order chi connectivity index (χ1) is 14.1. The molecular formula is C19H15F3N2O5S. The molecule has 2 aromatic carbocycles. The lowest BCUT2D eigenvalue weighted by Crippen LogP contribution is -2.33. The van der Waals surface area contributed by atoms with Gasteiger partial charge in [-0.3, -0.25) is 19.7 Å². The zero-order valence-electron chi connectivity index (χ0n) is 15.4. The average Bonchev–Trinajstić information content (AvgIpc) is 3.11. The number of carbonyl (C=O) groups excluding carboxylic acids is 2. The van der Waals surface area contributed by atoms with Crippen LogP contribution in [0.3, 0.4) is 0 Å². The van der Waals surface area contributed by atoms with Crippen LogP contribution >= 0.6 is 11.8 Å². The minimum atomic E-state index is -4.93. The number of hydrogen-bond acceptors (Lipinski definition) is 6. The second-order valence-corrected chi connectivity index (χ2v) is 7.72. The standard InChI is InChI=1S/C19H15F3N2O5S/c1-10(29-18(26)16-8-11-4-2-3-5-15(11)30-16)17(25)23-14-7-6-12(24(27)28)9-13(14)19(20,21)22/h2-7,9-10,16H,8H2,1H3,(H,23,25). The molecule has 2 aromatic rings. The summed E-state index contributed by atoms with van der Waals surface area (Å²) in [5.41, 5.74) is -1.83. The molecule has 1 aliphatic heterocycles. The van der Waals surface area contributed by atoms with Crippen LogP contribution in [0.25, 0.3) is 0 Å². The molecule has 158 valence electrons. The van der Waals surface area contributed by atoms with E-state index in [-0.39, 0.29) is 0 Å². The summed E-state index contributed by atoms with van der Waals surface area (Å²) in [7, 11) is 0. The Bertz CT molecular complexity index is 987. The minimum absolute atomic E-state index is 0.332. The number of ether oxygens (including phenoxy) is 1. The van der Waals surface area contributed by atoms with Crippen LogP contribution in [0.5, 0.6) is 0 Å². The number of alkyl halides is 3. The van der Waals surface area contributed by atoms with Crippen molar-refractivity contribution in [2.45, 2.75) is 35.8 Å². The van der Waals surface area contributed by atoms with Crippen molar-refractivity contribution in [2.75, 3.05) is 5.32 Å². The van der Waals surface area contributed by atoms with E-state index in [0.717, 1.165) is 22.6 Å². The third kappa shape index (κ3) is 4.73. The number of amides is 1. The van der Waals surface area contributed by atoms with E-state index in [1.54, 1.807) is 0 Å². The number of non-ortho nitro benzene ring substituents is 1. The van der Waals surface area contributed by atoms with E-state index in [2.05, 4.69) is 0 Å². The predicted octanol–water partition coefficient (Wildman–Crippen LogP) is 4.20. The summed E-state index contributed by atoms with van der Waals surface area (Å²) < 4.78 is 44.8. The summed E-state index contributed by atoms with van der Waals surface area (Å²) in [5.74, 6) is -1.64. The molecule has 0 radical (unpaired) electrons. The van der Waals surface area contributed by atoms with Crippen LogP contribution in [0.4, 0.5) is 24.5 Å². The Hall–Kier alpha value is -3.08. The molecular weight excluding hydrogens is 425 g/mol. The van der Waals surface area contributed by atoms with Crippen molar-refractivity contribution in [3.8, 4) is 0 Å². The van der Waals surface area contributed by atoms with Crippen molar-refractivity contribution in [3.63, 3.8) is 0 Å². The van der Waals surface area contributed by atoms with E-state index in [0.29, 0.717) is 12.5 Å². The summed E-state index contributed by atoms with van der Waals surface area (Å²) in [5, 5.41) is 12.2. The Labute approximate surface area is 172 Å². The quantitative estimate of drug-likeness (QED) is 0.425. The average molecular weight is 440 g/mol. The molecule has 1 aliphatic rings. The molecule has 30 heavy (non-hydrogen) atoms. The van der Waals surface area contributed by atoms with Gasteiger partial charge < -0.3 is 10.1 Å². The van der Waals surface area contributed by atoms with Crippen LogP contribution in [0.2, 0.25) is 0 Å². The van der Waals surface area contributed by atoms with Crippen molar-refractivity contribution in [1.29, 1.82) is 0 Å². The number of nitro benzene ring substituents is 1. The molecule has 2 unspecified atom stereocenters. The van der Waals surface area contributed by atoms with Crippen LogP contribution in [0, 0.1) is 10.1 Å². The van der Waals surface area contributed by atoms with Gasteiger partial charge in [-0.05, 0) is 31.0 Å². The van der Waals surface area contributed by atoms with Crippen molar-refractivity contribution in [2.24, 2.45) is 0 Å². The van der Waals surface area contributed by atoms with Gasteiger partial charge in [0.15, 0.2) is 6.10 Å². The van der Waals surface area contributed by atoms with Gasteiger partial charge in [-0.2, -0.15) is 13.2 Å². The van der Waals surface area contributed by atoms with E-state index >= 15 is 0 Å². The zero-order chi connectivity index (χ0) is 22.1. The lowest BCUT2D eigenvalue weighted by molar-refractivity contribution is -0.385. The summed E-state index contributed by atoms with van der Waals surface area (Å²) in [6, 6.07) is 9.36. The predicted molar refractivity (Wildman–Crippen MR) is 102 cm³/mol. The van der Waals surface area contributed by atoms with Gasteiger partial charge in [-0.1, -0.05) is 18.2 Å². The highest BCUT2D eigenvalue weighted by molar-refractivity contribution is 8.01. The van der Waals surface area contributed by atoms with Crippen molar-refractivity contribution in [1.82, 2.24) is 0 Å². The molecule has 0 fully saturated rings. The van der Waals surface area contributed by atoms with Crippen molar-refractivity contribution in [3.05, 3.63) is 63.7 Å². The molecule has 1 heterocycles. The Morgan fingerprint density at radius 2 is 1.97 bits per heavy atom. The number of nitrogens with zero attached hydrogens (tertiary/aromatic N) is 1. The number of thioether (sulfide) groups is 1. The molecule has 0 bridgehead atoms. The smallest absolute Gasteiger partial charge is 0.418 e. The Balaban J connectivity index is 1.67. The van der Waals surface area contributed by atoms with Gasteiger partial charge in [-0.15, -0.1) is 11.8 Å². The van der Waals surface area contributed by atoms with Crippen LogP contribution in [-0.2, 0) is 26.9 Å². The topological polar surface area (TPSA) is 98.5 Å². The number of rotatable bonds is 5. The number of nitro groups is 1. The molecule has 0 aliphatic carbocycles. The maximum absolute atomic E-state index is 13.2. The number of benzene rings is 2. The molecule has 0 aromatic heterocycles. The van der Waals surface area contributed by atoms with Gasteiger partial charge in [0.2, 0.25) is 0 Å². The minimum Gasteiger partial charge on any atom is -0.452 e. The highest BCUT2D eigenvalue weighted by Crippen LogP contribution is 2.38. The van der Waals surface area contributed by atoms with E-state index in [1.807, 2.05) is 29.6 Å². The van der Waals surface area contributed by atoms with Crippen LogP contribution < -0.4 is 5.32 Å². The number of hydrogen-bond donors (Lipinski definition) is 1. The lowest BCUT2D eigenvalue weighted by Gasteiger charge is -2.18. The molecule has 0 saturated carbocycles. The third-order valence-corrected chi connectivity index (χ3v) is 5.65. The number of nitrogens with one attached hydrogen (secondary N) is 1. The zero-order valence-corrected chi connectivity index (χ0v) is 16.3. The Morgan fingerprint density at radius 1 is 1.27 bits per heavy atom. The highest BCUT2D eigenvalue weighted by atomic mass is 32.2. The van der Waals surface area contributed by atoms with Gasteiger partial charge >= 0.3 is 12.1 Å². The highest BCUT2D eigenvalue weighted by Gasteiger charge is 2.36. The number of anilines is 1. The largest absolute Gasteiger partial charge is 0.452 e. The van der Waals surface area contributed by atoms with E-state index in [9.17, 15) is 32.9 Å². The first-order valence-corrected chi connectivity index (χ1v) is 9.56. The molecule has 3 rings (SSSR count). The van der Waals surface area contributed by atoms with E-state index in [1.165, 1.54) is 18.7 Å². The Morgan fingerprint density at radius 3 is 2.60 bits per heavy atom. The lowest BCUT2D eigenvalue weighted by atomic mass is 10.1. The van der Waals surface area contributed by atoms with Gasteiger partial charge in [-0.25, -0.2) is 0 Å². The van der Waals surface area contributed by atoms with E-state index in [4.69, 9.17) is 4.74 Å². The summed E-state index contributed by atoms with van der Waals surface area (Å²) in [6.07, 6.45) is -5.87. The normalized spacial score (nSPS) is 16.5. The monoisotopic (exact) mass is 440 g/mol. The van der Waals surface area contributed by atoms with Crippen LogP contribution in [0.15, 0.2) is 47.4 Å². The summed E-state index contributed by atoms with van der Waals surface area (Å²) in [4.78, 5) is 35.3. The first kappa shape index (κ1) is 21.6. The third-order valence-electron chi connectivity index (χ3n) is 4.35. The summed E-state index contributed by atoms with van der Waals surface area (Å²) in [6.45, 7) is 1.23. The van der Waals surface area contributed by atoms with Crippen LogP contribution in [0.1, 0.15) is 18.1 Å². The van der Waals surface area contributed by atoms with Crippen LogP contribution in [-0.4, -0.2) is 28.2 Å². The second-order valence-electron chi connectivity index (χ2n) is 6.47. The molecule has 1 amide bonds. The first-order valence-electron chi connectivity index (χ1n) is 8.68. The Kier molecular flexibility index (Phi) is 6.01. The number of carbonyl (C=O) groups is 2. The number of esters is 1. The molecule has 2 atom stereocenters. The summed E-state index contributed by atoms with van der Waals surface area (Å²) >= 11 is 1.29. The van der Waals surface area contributed by atoms with Gasteiger partial charge in [0.1, 0.15) is 5.25 Å². The molecule has 0 saturated heterocycles. The molecule has 1 N–H and O–H groups in total. The fourth-order valence-corrected chi connectivity index (χ4v) is 4.02. The molecule has 11 heteroatoms. The van der Waals surface area contributed by atoms with E-state index < -0.39 is 51.3 Å². The maximum atomic E-state index is 13.2. The second kappa shape index (κ2) is 8.34. The van der Waals surface area contributed by atoms with Gasteiger partial charge in [0, 0.05) is 17.0 Å². The fraction of sp³-hybridized carbons (Fsp3) is 0.263. The van der Waals surface area contributed by atoms with Gasteiger partial charge in [0.25, 0.3) is 11.6 Å². The van der Waals surface area contributed by atoms with Crippen molar-refractivity contribution >= 4 is 35.0 Å². The van der Waals surface area contributed by atoms with Crippen molar-refractivity contribution < 1.29 is 32.4 Å². The number of fused-ring (bicyclic) bond motifs is 1.